The molecule has 0 saturated carbocycles. The molecule has 1 N–H and O–H groups in total. The summed E-state index contributed by atoms with van der Waals surface area (Å²) < 4.78 is 5.74. The van der Waals surface area contributed by atoms with E-state index in [2.05, 4.69) is 21.7 Å². The lowest BCUT2D eigenvalue weighted by Gasteiger charge is -2.24. The summed E-state index contributed by atoms with van der Waals surface area (Å²) in [5.41, 5.74) is 0.855. The molecule has 1 aromatic heterocycles. The lowest BCUT2D eigenvalue weighted by atomic mass is 10.2. The summed E-state index contributed by atoms with van der Waals surface area (Å²) in [6.07, 6.45) is 2.37. The molecule has 26 heavy (non-hydrogen) atoms. The number of amides is 1. The Morgan fingerprint density at radius 1 is 1.35 bits per heavy atom. The number of carbonyl (C=O) groups is 1. The number of thiophene rings is 1. The summed E-state index contributed by atoms with van der Waals surface area (Å²) in [5.74, 6) is -0.0226. The quantitative estimate of drug-likeness (QED) is 0.700. The van der Waals surface area contributed by atoms with Crippen molar-refractivity contribution in [1.29, 1.82) is 0 Å². The molecular formula is C19H22Cl2N2O2S. The number of hydrogen-bond donors (Lipinski definition) is 1. The van der Waals surface area contributed by atoms with Gasteiger partial charge in [-0.3, -0.25) is 9.69 Å². The second-order valence-electron chi connectivity index (χ2n) is 6.40. The molecule has 3 rings (SSSR count). The molecule has 4 nitrogen and oxygen atoms in total. The Morgan fingerprint density at radius 2 is 2.23 bits per heavy atom. The fourth-order valence-electron chi connectivity index (χ4n) is 3.00. The van der Waals surface area contributed by atoms with Crippen LogP contribution >= 0.6 is 34.5 Å². The van der Waals surface area contributed by atoms with E-state index in [1.165, 1.54) is 4.88 Å². The minimum absolute atomic E-state index is 0.0226. The van der Waals surface area contributed by atoms with Gasteiger partial charge in [0.05, 0.1) is 12.6 Å². The lowest BCUT2D eigenvalue weighted by molar-refractivity contribution is -0.122. The summed E-state index contributed by atoms with van der Waals surface area (Å²) in [6, 6.07) is 9.42. The largest absolute Gasteiger partial charge is 0.377 e. The van der Waals surface area contributed by atoms with Crippen LogP contribution in [0.25, 0.3) is 0 Å². The van der Waals surface area contributed by atoms with Gasteiger partial charge in [-0.2, -0.15) is 0 Å². The number of ether oxygens (including phenoxy) is 1. The number of rotatable bonds is 8. The third-order valence-electron chi connectivity index (χ3n) is 4.30. The van der Waals surface area contributed by atoms with Crippen molar-refractivity contribution in [3.05, 3.63) is 56.2 Å². The van der Waals surface area contributed by atoms with E-state index in [1.54, 1.807) is 23.5 Å². The van der Waals surface area contributed by atoms with Crippen molar-refractivity contribution in [2.45, 2.75) is 32.0 Å². The van der Waals surface area contributed by atoms with E-state index in [9.17, 15) is 4.79 Å². The van der Waals surface area contributed by atoms with Crippen molar-refractivity contribution in [2.24, 2.45) is 0 Å². The minimum atomic E-state index is -0.0226. The molecule has 2 heterocycles. The third kappa shape index (κ3) is 5.96. The van der Waals surface area contributed by atoms with Gasteiger partial charge in [0.25, 0.3) is 0 Å². The van der Waals surface area contributed by atoms with Crippen LogP contribution in [0.2, 0.25) is 10.0 Å². The summed E-state index contributed by atoms with van der Waals surface area (Å²) >= 11 is 13.8. The summed E-state index contributed by atoms with van der Waals surface area (Å²) in [6.45, 7) is 3.07. The predicted molar refractivity (Wildman–Crippen MR) is 107 cm³/mol. The predicted octanol–water partition coefficient (Wildman–Crippen LogP) is 4.35. The summed E-state index contributed by atoms with van der Waals surface area (Å²) in [5, 5.41) is 6.16. The minimum Gasteiger partial charge on any atom is -0.377 e. The van der Waals surface area contributed by atoms with Gasteiger partial charge >= 0.3 is 0 Å². The fraction of sp³-hybridized carbons (Fsp3) is 0.421. The zero-order chi connectivity index (χ0) is 18.4. The molecule has 1 aliphatic rings. The highest BCUT2D eigenvalue weighted by atomic mass is 35.5. The molecule has 1 saturated heterocycles. The molecule has 0 aliphatic carbocycles. The Balaban J connectivity index is 1.55. The molecule has 7 heteroatoms. The highest BCUT2D eigenvalue weighted by Crippen LogP contribution is 2.21. The molecule has 1 atom stereocenters. The van der Waals surface area contributed by atoms with Crippen LogP contribution in [0.15, 0.2) is 35.7 Å². The maximum atomic E-state index is 12.4. The van der Waals surface area contributed by atoms with Gasteiger partial charge in [0.15, 0.2) is 0 Å². The number of hydrogen-bond acceptors (Lipinski definition) is 4. The number of benzene rings is 1. The second kappa shape index (κ2) is 9.72. The Kier molecular flexibility index (Phi) is 7.34. The van der Waals surface area contributed by atoms with E-state index in [-0.39, 0.29) is 12.0 Å². The van der Waals surface area contributed by atoms with Gasteiger partial charge in [0.1, 0.15) is 0 Å². The highest BCUT2D eigenvalue weighted by molar-refractivity contribution is 7.09. The van der Waals surface area contributed by atoms with E-state index in [0.29, 0.717) is 23.1 Å². The van der Waals surface area contributed by atoms with E-state index in [0.717, 1.165) is 38.1 Å². The van der Waals surface area contributed by atoms with Gasteiger partial charge in [0, 0.05) is 41.2 Å². The van der Waals surface area contributed by atoms with Gasteiger partial charge in [0.2, 0.25) is 5.91 Å². The van der Waals surface area contributed by atoms with Crippen LogP contribution in [0.1, 0.15) is 23.3 Å². The fourth-order valence-corrected chi connectivity index (χ4v) is 4.22. The van der Waals surface area contributed by atoms with Gasteiger partial charge in [-0.25, -0.2) is 0 Å². The standard InChI is InChI=1S/C19H22Cl2N2O2S/c20-15-6-5-14(18(21)9-15)10-22-19(24)13-23(11-16-3-1-7-25-16)12-17-4-2-8-26-17/h2,4-6,8-9,16H,1,3,7,10-13H2,(H,22,24)/t16-/m0/s1. The molecule has 1 aromatic carbocycles. The SMILES string of the molecule is O=C(CN(Cc1cccs1)C[C@@H]1CCCO1)NCc1ccc(Cl)cc1Cl. The normalized spacial score (nSPS) is 17.0. The molecule has 140 valence electrons. The van der Waals surface area contributed by atoms with Crippen molar-refractivity contribution in [3.8, 4) is 0 Å². The molecule has 0 unspecified atom stereocenters. The van der Waals surface area contributed by atoms with Crippen molar-refractivity contribution in [1.82, 2.24) is 10.2 Å². The van der Waals surface area contributed by atoms with Crippen LogP contribution in [-0.2, 0) is 22.6 Å². The number of halogens is 2. The smallest absolute Gasteiger partial charge is 0.234 e. The van der Waals surface area contributed by atoms with Crippen molar-refractivity contribution < 1.29 is 9.53 Å². The number of nitrogens with zero attached hydrogens (tertiary/aromatic N) is 1. The van der Waals surface area contributed by atoms with Crippen LogP contribution in [0, 0.1) is 0 Å². The van der Waals surface area contributed by atoms with Gasteiger partial charge in [-0.05, 0) is 42.0 Å². The molecule has 1 amide bonds. The monoisotopic (exact) mass is 412 g/mol. The zero-order valence-corrected chi connectivity index (χ0v) is 16.7. The first-order valence-corrected chi connectivity index (χ1v) is 10.3. The van der Waals surface area contributed by atoms with Crippen LogP contribution < -0.4 is 5.32 Å². The summed E-state index contributed by atoms with van der Waals surface area (Å²) in [4.78, 5) is 15.8. The molecule has 0 radical (unpaired) electrons. The van der Waals surface area contributed by atoms with E-state index in [1.807, 2.05) is 12.1 Å². The Hall–Kier alpha value is -1.11. The first kappa shape index (κ1) is 19.6. The molecular weight excluding hydrogens is 391 g/mol. The average molecular weight is 413 g/mol. The van der Waals surface area contributed by atoms with Crippen LogP contribution in [0.3, 0.4) is 0 Å². The maximum absolute atomic E-state index is 12.4. The molecule has 0 spiro atoms. The number of carbonyl (C=O) groups excluding carboxylic acids is 1. The van der Waals surface area contributed by atoms with Crippen LogP contribution in [-0.4, -0.2) is 36.6 Å². The number of nitrogens with one attached hydrogen (secondary N) is 1. The molecule has 1 aliphatic heterocycles. The summed E-state index contributed by atoms with van der Waals surface area (Å²) in [7, 11) is 0. The highest BCUT2D eigenvalue weighted by Gasteiger charge is 2.21. The zero-order valence-electron chi connectivity index (χ0n) is 14.4. The Bertz CT molecular complexity index is 718. The van der Waals surface area contributed by atoms with E-state index in [4.69, 9.17) is 27.9 Å². The van der Waals surface area contributed by atoms with Gasteiger partial charge < -0.3 is 10.1 Å². The molecule has 1 fully saturated rings. The lowest BCUT2D eigenvalue weighted by Crippen LogP contribution is -2.40. The third-order valence-corrected chi connectivity index (χ3v) is 5.75. The van der Waals surface area contributed by atoms with Gasteiger partial charge in [-0.1, -0.05) is 35.3 Å². The average Bonchev–Trinajstić information content (AvgIpc) is 3.28. The van der Waals surface area contributed by atoms with E-state index >= 15 is 0 Å². The van der Waals surface area contributed by atoms with Crippen LogP contribution in [0.5, 0.6) is 0 Å². The van der Waals surface area contributed by atoms with Crippen LogP contribution in [0.4, 0.5) is 0 Å². The van der Waals surface area contributed by atoms with Crippen molar-refractivity contribution >= 4 is 40.4 Å². The second-order valence-corrected chi connectivity index (χ2v) is 8.27. The van der Waals surface area contributed by atoms with Crippen molar-refractivity contribution in [2.75, 3.05) is 19.7 Å². The maximum Gasteiger partial charge on any atom is 0.234 e. The first-order valence-electron chi connectivity index (χ1n) is 8.67. The van der Waals surface area contributed by atoms with Crippen molar-refractivity contribution in [3.63, 3.8) is 0 Å². The molecule has 0 bridgehead atoms. The first-order chi connectivity index (χ1) is 12.6. The van der Waals surface area contributed by atoms with Gasteiger partial charge in [-0.15, -0.1) is 11.3 Å². The Labute approximate surface area is 168 Å². The Morgan fingerprint density at radius 3 is 2.92 bits per heavy atom. The van der Waals surface area contributed by atoms with E-state index < -0.39 is 0 Å². The topological polar surface area (TPSA) is 41.6 Å². The molecule has 2 aromatic rings.